The van der Waals surface area contributed by atoms with E-state index in [9.17, 15) is 18.7 Å². The van der Waals surface area contributed by atoms with Crippen LogP contribution < -0.4 is 10.2 Å². The Morgan fingerprint density at radius 2 is 1.72 bits per heavy atom. The van der Waals surface area contributed by atoms with Crippen LogP contribution in [0.25, 0.3) is 0 Å². The van der Waals surface area contributed by atoms with Gasteiger partial charge in [0.05, 0.1) is 11.7 Å². The summed E-state index contributed by atoms with van der Waals surface area (Å²) in [5.74, 6) is -1.68. The molecule has 0 radical (unpaired) electrons. The van der Waals surface area contributed by atoms with Crippen LogP contribution in [-0.2, 0) is 4.79 Å². The molecule has 0 aliphatic carbocycles. The number of hydrogen-bond acceptors (Lipinski definition) is 3. The number of para-hydroxylation sites is 1. The van der Waals surface area contributed by atoms with E-state index in [1.165, 1.54) is 6.07 Å². The van der Waals surface area contributed by atoms with Gasteiger partial charge in [-0.25, -0.2) is 8.78 Å². The summed E-state index contributed by atoms with van der Waals surface area (Å²) in [5.41, 5.74) is 0.420. The molecule has 2 aromatic carbocycles. The number of rotatable bonds is 7. The molecule has 4 nitrogen and oxygen atoms in total. The van der Waals surface area contributed by atoms with Crippen LogP contribution in [0.5, 0.6) is 0 Å². The number of benzene rings is 2. The number of anilines is 1. The maximum Gasteiger partial charge on any atom is 0.228 e. The summed E-state index contributed by atoms with van der Waals surface area (Å²) in [6, 6.07) is 12.4. The van der Waals surface area contributed by atoms with Gasteiger partial charge in [-0.15, -0.1) is 0 Å². The highest BCUT2D eigenvalue weighted by molar-refractivity contribution is 5.93. The average Bonchev–Trinajstić information content (AvgIpc) is 2.60. The second-order valence-corrected chi connectivity index (χ2v) is 5.95. The molecule has 6 heteroatoms. The highest BCUT2D eigenvalue weighted by atomic mass is 19.1. The van der Waals surface area contributed by atoms with Crippen molar-refractivity contribution in [1.29, 1.82) is 0 Å². The van der Waals surface area contributed by atoms with Crippen LogP contribution in [0.3, 0.4) is 0 Å². The van der Waals surface area contributed by atoms with E-state index < -0.39 is 17.7 Å². The van der Waals surface area contributed by atoms with Crippen molar-refractivity contribution in [2.24, 2.45) is 0 Å². The minimum Gasteiger partial charge on any atom is -0.387 e. The van der Waals surface area contributed by atoms with E-state index in [4.69, 9.17) is 0 Å². The maximum atomic E-state index is 13.6. The molecular weight excluding hydrogens is 326 g/mol. The van der Waals surface area contributed by atoms with Gasteiger partial charge in [0.2, 0.25) is 5.91 Å². The molecule has 2 unspecified atom stereocenters. The number of halogens is 2. The first-order chi connectivity index (χ1) is 11.9. The van der Waals surface area contributed by atoms with Gasteiger partial charge in [-0.05, 0) is 31.2 Å². The van der Waals surface area contributed by atoms with Gasteiger partial charge < -0.3 is 15.3 Å². The molecule has 25 heavy (non-hydrogen) atoms. The molecule has 0 spiro atoms. The highest BCUT2D eigenvalue weighted by Crippen LogP contribution is 2.20. The second kappa shape index (κ2) is 8.69. The van der Waals surface area contributed by atoms with Crippen LogP contribution in [0.1, 0.15) is 25.0 Å². The van der Waals surface area contributed by atoms with Gasteiger partial charge in [-0.3, -0.25) is 4.79 Å². The van der Waals surface area contributed by atoms with E-state index in [0.717, 1.165) is 17.8 Å². The molecule has 1 amide bonds. The number of hydrogen-bond donors (Lipinski definition) is 2. The minimum atomic E-state index is -1.33. The van der Waals surface area contributed by atoms with E-state index in [2.05, 4.69) is 5.32 Å². The Labute approximate surface area is 146 Å². The third kappa shape index (κ3) is 5.08. The zero-order valence-corrected chi connectivity index (χ0v) is 14.2. The summed E-state index contributed by atoms with van der Waals surface area (Å²) in [6.45, 7) is 1.72. The second-order valence-electron chi connectivity index (χ2n) is 5.95. The molecule has 2 aromatic rings. The van der Waals surface area contributed by atoms with Gasteiger partial charge in [-0.1, -0.05) is 24.3 Å². The van der Waals surface area contributed by atoms with E-state index in [1.54, 1.807) is 18.9 Å². The SMILES string of the molecule is CC(CC(=O)N(C)c1ccccc1)NCC(O)c1c(F)cccc1F. The fraction of sp³-hybridized carbons (Fsp3) is 0.316. The zero-order valence-electron chi connectivity index (χ0n) is 14.2. The molecule has 0 saturated carbocycles. The lowest BCUT2D eigenvalue weighted by Gasteiger charge is -2.21. The highest BCUT2D eigenvalue weighted by Gasteiger charge is 2.20. The van der Waals surface area contributed by atoms with Crippen LogP contribution in [0.2, 0.25) is 0 Å². The predicted octanol–water partition coefficient (Wildman–Crippen LogP) is 3.03. The van der Waals surface area contributed by atoms with E-state index in [-0.39, 0.29) is 30.5 Å². The minimum absolute atomic E-state index is 0.0542. The first-order valence-electron chi connectivity index (χ1n) is 8.07. The number of amides is 1. The van der Waals surface area contributed by atoms with E-state index in [0.29, 0.717) is 0 Å². The molecule has 0 aliphatic rings. The standard InChI is InChI=1S/C19H22F2N2O2/c1-13(11-18(25)23(2)14-7-4-3-5-8-14)22-12-17(24)19-15(20)9-6-10-16(19)21/h3-10,13,17,22,24H,11-12H2,1-2H3. The third-order valence-electron chi connectivity index (χ3n) is 3.99. The Kier molecular flexibility index (Phi) is 6.61. The van der Waals surface area contributed by atoms with Crippen LogP contribution in [0, 0.1) is 11.6 Å². The summed E-state index contributed by atoms with van der Waals surface area (Å²) in [6.07, 6.45) is -1.14. The van der Waals surface area contributed by atoms with Crippen molar-refractivity contribution in [3.63, 3.8) is 0 Å². The number of carbonyl (C=O) groups is 1. The van der Waals surface area contributed by atoms with E-state index in [1.807, 2.05) is 30.3 Å². The molecule has 0 aromatic heterocycles. The third-order valence-corrected chi connectivity index (χ3v) is 3.99. The van der Waals surface area contributed by atoms with Crippen LogP contribution in [-0.4, -0.2) is 30.6 Å². The quantitative estimate of drug-likeness (QED) is 0.809. The van der Waals surface area contributed by atoms with Crippen molar-refractivity contribution in [2.45, 2.75) is 25.5 Å². The summed E-state index contributed by atoms with van der Waals surface area (Å²) in [7, 11) is 1.69. The van der Waals surface area contributed by atoms with Crippen molar-refractivity contribution < 1.29 is 18.7 Å². The fourth-order valence-corrected chi connectivity index (χ4v) is 2.51. The van der Waals surface area contributed by atoms with Gasteiger partial charge in [0.25, 0.3) is 0 Å². The summed E-state index contributed by atoms with van der Waals surface area (Å²) >= 11 is 0. The first kappa shape index (κ1) is 19.0. The van der Waals surface area contributed by atoms with Crippen molar-refractivity contribution >= 4 is 11.6 Å². The molecule has 2 N–H and O–H groups in total. The lowest BCUT2D eigenvalue weighted by molar-refractivity contribution is -0.118. The summed E-state index contributed by atoms with van der Waals surface area (Å²) in [4.78, 5) is 13.8. The van der Waals surface area contributed by atoms with Crippen molar-refractivity contribution in [1.82, 2.24) is 5.32 Å². The molecule has 134 valence electrons. The Morgan fingerprint density at radius 1 is 1.12 bits per heavy atom. The lowest BCUT2D eigenvalue weighted by atomic mass is 10.1. The molecule has 0 fully saturated rings. The molecule has 0 saturated heterocycles. The van der Waals surface area contributed by atoms with Crippen molar-refractivity contribution in [3.05, 3.63) is 65.7 Å². The largest absolute Gasteiger partial charge is 0.387 e. The summed E-state index contributed by atoms with van der Waals surface area (Å²) < 4.78 is 27.3. The van der Waals surface area contributed by atoms with Crippen LogP contribution in [0.4, 0.5) is 14.5 Å². The lowest BCUT2D eigenvalue weighted by Crippen LogP contribution is -2.37. The molecule has 2 rings (SSSR count). The monoisotopic (exact) mass is 348 g/mol. The smallest absolute Gasteiger partial charge is 0.228 e. The topological polar surface area (TPSA) is 52.6 Å². The Balaban J connectivity index is 1.88. The Bertz CT molecular complexity index is 690. The number of aliphatic hydroxyl groups excluding tert-OH is 1. The molecular formula is C19H22F2N2O2. The molecule has 0 aliphatic heterocycles. The van der Waals surface area contributed by atoms with E-state index >= 15 is 0 Å². The number of nitrogens with one attached hydrogen (secondary N) is 1. The zero-order chi connectivity index (χ0) is 18.4. The molecule has 2 atom stereocenters. The normalized spacial score (nSPS) is 13.3. The predicted molar refractivity (Wildman–Crippen MR) is 93.3 cm³/mol. The first-order valence-corrected chi connectivity index (χ1v) is 8.07. The van der Waals surface area contributed by atoms with Crippen molar-refractivity contribution in [3.8, 4) is 0 Å². The van der Waals surface area contributed by atoms with Gasteiger partial charge in [-0.2, -0.15) is 0 Å². The number of aliphatic hydroxyl groups is 1. The Hall–Kier alpha value is -2.31. The number of nitrogens with zero attached hydrogens (tertiary/aromatic N) is 1. The van der Waals surface area contributed by atoms with Crippen LogP contribution in [0.15, 0.2) is 48.5 Å². The van der Waals surface area contributed by atoms with Gasteiger partial charge in [0.1, 0.15) is 11.6 Å². The molecule has 0 heterocycles. The molecule has 0 bridgehead atoms. The summed E-state index contributed by atoms with van der Waals surface area (Å²) in [5, 5.41) is 13.0. The Morgan fingerprint density at radius 3 is 2.32 bits per heavy atom. The number of carbonyl (C=O) groups excluding carboxylic acids is 1. The van der Waals surface area contributed by atoms with Gasteiger partial charge in [0, 0.05) is 31.7 Å². The fourth-order valence-electron chi connectivity index (χ4n) is 2.51. The average molecular weight is 348 g/mol. The van der Waals surface area contributed by atoms with Gasteiger partial charge >= 0.3 is 0 Å². The maximum absolute atomic E-state index is 13.6. The van der Waals surface area contributed by atoms with Gasteiger partial charge in [0.15, 0.2) is 0 Å². The van der Waals surface area contributed by atoms with Crippen LogP contribution >= 0.6 is 0 Å². The van der Waals surface area contributed by atoms with Crippen molar-refractivity contribution in [2.75, 3.05) is 18.5 Å².